The molecule has 2 heteroatoms. The standard InChI is InChI=1S/C10H17NO/c1-3-9(11-7-1)5-6-10-4-2-8-12-10/h1,3,9-11H,2,4-8H2. The van der Waals surface area contributed by atoms with Crippen LogP contribution >= 0.6 is 0 Å². The Kier molecular flexibility index (Phi) is 2.79. The normalized spacial score (nSPS) is 34.7. The average molecular weight is 167 g/mol. The van der Waals surface area contributed by atoms with Crippen LogP contribution in [0.1, 0.15) is 25.7 Å². The molecule has 0 spiro atoms. The van der Waals surface area contributed by atoms with Crippen LogP contribution in [0.3, 0.4) is 0 Å². The lowest BCUT2D eigenvalue weighted by Gasteiger charge is -2.12. The monoisotopic (exact) mass is 167 g/mol. The van der Waals surface area contributed by atoms with Crippen LogP contribution in [-0.2, 0) is 4.74 Å². The maximum absolute atomic E-state index is 5.56. The molecule has 0 saturated carbocycles. The third-order valence-corrected chi connectivity index (χ3v) is 2.69. The number of hydrogen-bond acceptors (Lipinski definition) is 2. The first-order valence-electron chi connectivity index (χ1n) is 4.97. The van der Waals surface area contributed by atoms with E-state index in [9.17, 15) is 0 Å². The molecule has 2 atom stereocenters. The summed E-state index contributed by atoms with van der Waals surface area (Å²) in [6.45, 7) is 2.04. The topological polar surface area (TPSA) is 21.3 Å². The highest BCUT2D eigenvalue weighted by molar-refractivity contribution is 5.01. The van der Waals surface area contributed by atoms with Crippen LogP contribution in [0.4, 0.5) is 0 Å². The van der Waals surface area contributed by atoms with Gasteiger partial charge in [0.25, 0.3) is 0 Å². The Morgan fingerprint density at radius 3 is 3.08 bits per heavy atom. The summed E-state index contributed by atoms with van der Waals surface area (Å²) in [6.07, 6.45) is 10.0. The summed E-state index contributed by atoms with van der Waals surface area (Å²) in [7, 11) is 0. The molecular weight excluding hydrogens is 150 g/mol. The van der Waals surface area contributed by atoms with Crippen LogP contribution in [0.2, 0.25) is 0 Å². The molecule has 0 aromatic carbocycles. The molecule has 1 fully saturated rings. The van der Waals surface area contributed by atoms with Crippen LogP contribution in [0.15, 0.2) is 12.2 Å². The van der Waals surface area contributed by atoms with Gasteiger partial charge in [-0.25, -0.2) is 0 Å². The van der Waals surface area contributed by atoms with Gasteiger partial charge in [-0.05, 0) is 25.7 Å². The van der Waals surface area contributed by atoms with Crippen LogP contribution in [-0.4, -0.2) is 25.3 Å². The van der Waals surface area contributed by atoms with Gasteiger partial charge in [0.2, 0.25) is 0 Å². The van der Waals surface area contributed by atoms with Gasteiger partial charge in [-0.2, -0.15) is 0 Å². The minimum Gasteiger partial charge on any atom is -0.378 e. The van der Waals surface area contributed by atoms with E-state index in [1.807, 2.05) is 0 Å². The Labute approximate surface area is 74.0 Å². The molecule has 2 aliphatic heterocycles. The smallest absolute Gasteiger partial charge is 0.0576 e. The van der Waals surface area contributed by atoms with Crippen LogP contribution in [0, 0.1) is 0 Å². The van der Waals surface area contributed by atoms with Crippen molar-refractivity contribution in [1.29, 1.82) is 0 Å². The van der Waals surface area contributed by atoms with Crippen molar-refractivity contribution in [3.63, 3.8) is 0 Å². The summed E-state index contributed by atoms with van der Waals surface area (Å²) < 4.78 is 5.56. The molecule has 0 aromatic heterocycles. The third-order valence-electron chi connectivity index (χ3n) is 2.69. The maximum Gasteiger partial charge on any atom is 0.0576 e. The fourth-order valence-electron chi connectivity index (χ4n) is 1.96. The van der Waals surface area contributed by atoms with Crippen molar-refractivity contribution in [2.24, 2.45) is 0 Å². The average Bonchev–Trinajstić information content (AvgIpc) is 2.74. The number of rotatable bonds is 3. The zero-order valence-electron chi connectivity index (χ0n) is 7.46. The third kappa shape index (κ3) is 2.08. The molecule has 0 bridgehead atoms. The highest BCUT2D eigenvalue weighted by Crippen LogP contribution is 2.18. The van der Waals surface area contributed by atoms with Crippen LogP contribution in [0.5, 0.6) is 0 Å². The summed E-state index contributed by atoms with van der Waals surface area (Å²) >= 11 is 0. The van der Waals surface area contributed by atoms with E-state index in [0.29, 0.717) is 12.1 Å². The van der Waals surface area contributed by atoms with E-state index in [0.717, 1.165) is 13.2 Å². The highest BCUT2D eigenvalue weighted by atomic mass is 16.5. The lowest BCUT2D eigenvalue weighted by atomic mass is 10.1. The van der Waals surface area contributed by atoms with Crippen molar-refractivity contribution >= 4 is 0 Å². The summed E-state index contributed by atoms with van der Waals surface area (Å²) in [5.41, 5.74) is 0. The Morgan fingerprint density at radius 1 is 1.42 bits per heavy atom. The Hall–Kier alpha value is -0.340. The lowest BCUT2D eigenvalue weighted by molar-refractivity contribution is 0.101. The minimum absolute atomic E-state index is 0.556. The molecule has 2 unspecified atom stereocenters. The van der Waals surface area contributed by atoms with Crippen molar-refractivity contribution in [3.05, 3.63) is 12.2 Å². The second kappa shape index (κ2) is 4.06. The number of nitrogens with one attached hydrogen (secondary N) is 1. The predicted octanol–water partition coefficient (Wildman–Crippen LogP) is 1.47. The van der Waals surface area contributed by atoms with Crippen LogP contribution < -0.4 is 5.32 Å². The second-order valence-corrected chi connectivity index (χ2v) is 3.66. The van der Waals surface area contributed by atoms with Gasteiger partial charge in [0.15, 0.2) is 0 Å². The summed E-state index contributed by atoms with van der Waals surface area (Å²) in [4.78, 5) is 0. The van der Waals surface area contributed by atoms with Crippen molar-refractivity contribution in [1.82, 2.24) is 5.32 Å². The van der Waals surface area contributed by atoms with E-state index >= 15 is 0 Å². The molecule has 1 N–H and O–H groups in total. The minimum atomic E-state index is 0.556. The van der Waals surface area contributed by atoms with E-state index < -0.39 is 0 Å². The van der Waals surface area contributed by atoms with Gasteiger partial charge in [0.05, 0.1) is 6.10 Å². The molecule has 68 valence electrons. The molecule has 0 aromatic rings. The van der Waals surface area contributed by atoms with Gasteiger partial charge in [-0.15, -0.1) is 0 Å². The molecule has 2 heterocycles. The molecular formula is C10H17NO. The highest BCUT2D eigenvalue weighted by Gasteiger charge is 2.17. The van der Waals surface area contributed by atoms with Crippen LogP contribution in [0.25, 0.3) is 0 Å². The zero-order chi connectivity index (χ0) is 8.23. The summed E-state index contributed by atoms with van der Waals surface area (Å²) in [5, 5.41) is 3.41. The van der Waals surface area contributed by atoms with Gasteiger partial charge in [0, 0.05) is 19.2 Å². The van der Waals surface area contributed by atoms with E-state index in [1.165, 1.54) is 25.7 Å². The summed E-state index contributed by atoms with van der Waals surface area (Å²) in [5.74, 6) is 0. The molecule has 1 saturated heterocycles. The Morgan fingerprint density at radius 2 is 2.42 bits per heavy atom. The first-order chi connectivity index (χ1) is 5.95. The molecule has 2 nitrogen and oxygen atoms in total. The Bertz CT molecular complexity index is 161. The first-order valence-corrected chi connectivity index (χ1v) is 4.97. The van der Waals surface area contributed by atoms with Gasteiger partial charge in [-0.1, -0.05) is 12.2 Å². The van der Waals surface area contributed by atoms with E-state index in [2.05, 4.69) is 17.5 Å². The number of ether oxygens (including phenoxy) is 1. The first kappa shape index (κ1) is 8.27. The van der Waals surface area contributed by atoms with Crippen molar-refractivity contribution in [3.8, 4) is 0 Å². The van der Waals surface area contributed by atoms with Crippen molar-refractivity contribution in [2.45, 2.75) is 37.8 Å². The maximum atomic E-state index is 5.56. The molecule has 0 amide bonds. The van der Waals surface area contributed by atoms with E-state index in [4.69, 9.17) is 4.74 Å². The fourth-order valence-corrected chi connectivity index (χ4v) is 1.96. The van der Waals surface area contributed by atoms with E-state index in [-0.39, 0.29) is 0 Å². The van der Waals surface area contributed by atoms with Gasteiger partial charge in [-0.3, -0.25) is 0 Å². The lowest BCUT2D eigenvalue weighted by Crippen LogP contribution is -2.23. The number of hydrogen-bond donors (Lipinski definition) is 1. The van der Waals surface area contributed by atoms with Gasteiger partial charge < -0.3 is 10.1 Å². The van der Waals surface area contributed by atoms with Gasteiger partial charge in [0.1, 0.15) is 0 Å². The fraction of sp³-hybridized carbons (Fsp3) is 0.800. The SMILES string of the molecule is C1=CC(CCC2CCCO2)NC1. The molecule has 12 heavy (non-hydrogen) atoms. The molecule has 2 aliphatic rings. The predicted molar refractivity (Wildman–Crippen MR) is 49.1 cm³/mol. The molecule has 0 radical (unpaired) electrons. The summed E-state index contributed by atoms with van der Waals surface area (Å²) in [6, 6.07) is 0.620. The van der Waals surface area contributed by atoms with Crippen molar-refractivity contribution < 1.29 is 4.74 Å². The quantitative estimate of drug-likeness (QED) is 0.643. The van der Waals surface area contributed by atoms with Gasteiger partial charge >= 0.3 is 0 Å². The molecule has 0 aliphatic carbocycles. The zero-order valence-corrected chi connectivity index (χ0v) is 7.46. The van der Waals surface area contributed by atoms with E-state index in [1.54, 1.807) is 0 Å². The second-order valence-electron chi connectivity index (χ2n) is 3.66. The molecule has 2 rings (SSSR count). The van der Waals surface area contributed by atoms with Crippen molar-refractivity contribution in [2.75, 3.05) is 13.2 Å². The largest absolute Gasteiger partial charge is 0.378 e. The Balaban J connectivity index is 1.63.